The van der Waals surface area contributed by atoms with E-state index in [0.29, 0.717) is 35.9 Å². The Hall–Kier alpha value is -2.05. The first-order valence-electron chi connectivity index (χ1n) is 9.36. The van der Waals surface area contributed by atoms with E-state index in [1.807, 2.05) is 19.1 Å². The van der Waals surface area contributed by atoms with Gasteiger partial charge in [0.1, 0.15) is 5.75 Å². The lowest BCUT2D eigenvalue weighted by Gasteiger charge is -2.28. The van der Waals surface area contributed by atoms with Crippen molar-refractivity contribution in [1.29, 1.82) is 0 Å². The van der Waals surface area contributed by atoms with Crippen LogP contribution < -0.4 is 4.74 Å². The molecule has 0 aliphatic carbocycles. The average Bonchev–Trinajstić information content (AvgIpc) is 3.04. The van der Waals surface area contributed by atoms with Gasteiger partial charge in [-0.25, -0.2) is 8.42 Å². The Bertz CT molecular complexity index is 928. The third kappa shape index (κ3) is 5.26. The number of nitrogens with zero attached hydrogens (tertiary/aromatic N) is 1. The van der Waals surface area contributed by atoms with E-state index in [1.165, 1.54) is 0 Å². The number of hydrogen-bond acceptors (Lipinski definition) is 4. The lowest BCUT2D eigenvalue weighted by molar-refractivity contribution is 0.0681. The van der Waals surface area contributed by atoms with Crippen molar-refractivity contribution in [1.82, 2.24) is 4.90 Å². The van der Waals surface area contributed by atoms with Gasteiger partial charge >= 0.3 is 0 Å². The molecule has 1 heterocycles. The van der Waals surface area contributed by atoms with Gasteiger partial charge in [0.05, 0.1) is 18.1 Å². The van der Waals surface area contributed by atoms with Crippen molar-refractivity contribution in [2.24, 2.45) is 0 Å². The second-order valence-electron chi connectivity index (χ2n) is 6.99. The maximum absolute atomic E-state index is 13.2. The van der Waals surface area contributed by atoms with Crippen LogP contribution >= 0.6 is 11.6 Å². The van der Waals surface area contributed by atoms with Crippen LogP contribution in [0.1, 0.15) is 35.7 Å². The average molecular weight is 422 g/mol. The van der Waals surface area contributed by atoms with Crippen LogP contribution in [0, 0.1) is 0 Å². The third-order valence-corrected chi connectivity index (χ3v) is 6.71. The van der Waals surface area contributed by atoms with Crippen molar-refractivity contribution in [2.75, 3.05) is 18.1 Å². The minimum absolute atomic E-state index is 0.00298. The predicted molar refractivity (Wildman–Crippen MR) is 111 cm³/mol. The summed E-state index contributed by atoms with van der Waals surface area (Å²) in [7, 11) is -3.11. The van der Waals surface area contributed by atoms with Crippen molar-refractivity contribution in [3.05, 3.63) is 64.7 Å². The van der Waals surface area contributed by atoms with Crippen molar-refractivity contribution < 1.29 is 17.9 Å². The number of amides is 1. The number of hydrogen-bond donors (Lipinski definition) is 0. The van der Waals surface area contributed by atoms with E-state index in [-0.39, 0.29) is 23.5 Å². The Kier molecular flexibility index (Phi) is 6.62. The SMILES string of the molecule is CCCOc1ccc(C(=O)N(Cc2cccc(Cl)c2)C2CCS(=O)(=O)C2)cc1. The zero-order chi connectivity index (χ0) is 20.1. The standard InChI is InChI=1S/C21H24ClNO4S/c1-2-11-27-20-8-6-17(7-9-20)21(24)23(19-10-12-28(25,26)15-19)14-16-4-3-5-18(22)13-16/h3-9,13,19H,2,10-12,14-15H2,1H3. The summed E-state index contributed by atoms with van der Waals surface area (Å²) in [5.74, 6) is 0.630. The van der Waals surface area contributed by atoms with Crippen molar-refractivity contribution in [2.45, 2.75) is 32.4 Å². The second kappa shape index (κ2) is 8.97. The molecule has 0 spiro atoms. The molecule has 0 aromatic heterocycles. The number of rotatable bonds is 7. The fraction of sp³-hybridized carbons (Fsp3) is 0.381. The van der Waals surface area contributed by atoms with E-state index in [0.717, 1.165) is 12.0 Å². The number of carbonyl (C=O) groups excluding carboxylic acids is 1. The third-order valence-electron chi connectivity index (χ3n) is 4.73. The van der Waals surface area contributed by atoms with Crippen LogP contribution in [0.4, 0.5) is 0 Å². The summed E-state index contributed by atoms with van der Waals surface area (Å²) in [5, 5.41) is 0.585. The first kappa shape index (κ1) is 20.7. The Morgan fingerprint density at radius 3 is 2.57 bits per heavy atom. The summed E-state index contributed by atoms with van der Waals surface area (Å²) in [6, 6.07) is 13.9. The zero-order valence-corrected chi connectivity index (χ0v) is 17.4. The smallest absolute Gasteiger partial charge is 0.254 e. The molecule has 0 N–H and O–H groups in total. The van der Waals surface area contributed by atoms with Crippen LogP contribution in [0.3, 0.4) is 0 Å². The van der Waals surface area contributed by atoms with Crippen LogP contribution in [0.15, 0.2) is 48.5 Å². The van der Waals surface area contributed by atoms with Gasteiger partial charge in [-0.05, 0) is 54.8 Å². The van der Waals surface area contributed by atoms with Gasteiger partial charge in [-0.3, -0.25) is 4.79 Å². The van der Waals surface area contributed by atoms with Gasteiger partial charge in [0.2, 0.25) is 0 Å². The quantitative estimate of drug-likeness (QED) is 0.678. The molecule has 1 unspecified atom stereocenters. The molecule has 1 fully saturated rings. The molecule has 28 heavy (non-hydrogen) atoms. The first-order valence-corrected chi connectivity index (χ1v) is 11.6. The Labute approximate surface area is 171 Å². The highest BCUT2D eigenvalue weighted by Crippen LogP contribution is 2.24. The van der Waals surface area contributed by atoms with Gasteiger partial charge in [-0.15, -0.1) is 0 Å². The fourth-order valence-corrected chi connectivity index (χ4v) is 5.24. The highest BCUT2D eigenvalue weighted by Gasteiger charge is 2.35. The Balaban J connectivity index is 1.84. The molecule has 150 valence electrons. The van der Waals surface area contributed by atoms with Gasteiger partial charge < -0.3 is 9.64 Å². The molecule has 1 saturated heterocycles. The van der Waals surface area contributed by atoms with E-state index in [9.17, 15) is 13.2 Å². The molecule has 1 aliphatic rings. The van der Waals surface area contributed by atoms with Gasteiger partial charge in [-0.2, -0.15) is 0 Å². The molecule has 3 rings (SSSR count). The van der Waals surface area contributed by atoms with Gasteiger partial charge in [-0.1, -0.05) is 30.7 Å². The second-order valence-corrected chi connectivity index (χ2v) is 9.66. The van der Waals surface area contributed by atoms with Crippen LogP contribution in [0.25, 0.3) is 0 Å². The molecule has 7 heteroatoms. The maximum Gasteiger partial charge on any atom is 0.254 e. The molecule has 0 saturated carbocycles. The lowest BCUT2D eigenvalue weighted by atomic mass is 10.1. The van der Waals surface area contributed by atoms with Gasteiger partial charge in [0.15, 0.2) is 9.84 Å². The number of benzene rings is 2. The zero-order valence-electron chi connectivity index (χ0n) is 15.8. The summed E-state index contributed by atoms with van der Waals surface area (Å²) in [4.78, 5) is 14.9. The molecular weight excluding hydrogens is 398 g/mol. The summed E-state index contributed by atoms with van der Waals surface area (Å²) >= 11 is 6.08. The molecule has 1 aliphatic heterocycles. The van der Waals surface area contributed by atoms with E-state index >= 15 is 0 Å². The fourth-order valence-electron chi connectivity index (χ4n) is 3.30. The monoisotopic (exact) mass is 421 g/mol. The topological polar surface area (TPSA) is 63.7 Å². The number of sulfone groups is 1. The summed E-state index contributed by atoms with van der Waals surface area (Å²) < 4.78 is 29.5. The molecule has 2 aromatic rings. The lowest BCUT2D eigenvalue weighted by Crippen LogP contribution is -2.40. The Morgan fingerprint density at radius 1 is 1.21 bits per heavy atom. The molecule has 0 radical (unpaired) electrons. The number of ether oxygens (including phenoxy) is 1. The minimum atomic E-state index is -3.11. The van der Waals surface area contributed by atoms with Crippen LogP contribution in [0.5, 0.6) is 5.75 Å². The van der Waals surface area contributed by atoms with Crippen LogP contribution in [0.2, 0.25) is 5.02 Å². The number of halogens is 1. The van der Waals surface area contributed by atoms with Crippen LogP contribution in [-0.2, 0) is 16.4 Å². The normalized spacial score (nSPS) is 18.0. The van der Waals surface area contributed by atoms with Crippen LogP contribution in [-0.4, -0.2) is 43.4 Å². The van der Waals surface area contributed by atoms with Gasteiger partial charge in [0.25, 0.3) is 5.91 Å². The highest BCUT2D eigenvalue weighted by atomic mass is 35.5. The van der Waals surface area contributed by atoms with E-state index in [1.54, 1.807) is 41.3 Å². The molecule has 2 aromatic carbocycles. The van der Waals surface area contributed by atoms with E-state index in [4.69, 9.17) is 16.3 Å². The van der Waals surface area contributed by atoms with E-state index < -0.39 is 9.84 Å². The minimum Gasteiger partial charge on any atom is -0.494 e. The predicted octanol–water partition coefficient (Wildman–Crippen LogP) is 3.96. The van der Waals surface area contributed by atoms with E-state index in [2.05, 4.69) is 0 Å². The molecule has 0 bridgehead atoms. The number of carbonyl (C=O) groups is 1. The molecule has 5 nitrogen and oxygen atoms in total. The molecule has 1 amide bonds. The Morgan fingerprint density at radius 2 is 1.96 bits per heavy atom. The van der Waals surface area contributed by atoms with Crippen molar-refractivity contribution in [3.8, 4) is 5.75 Å². The largest absolute Gasteiger partial charge is 0.494 e. The first-order chi connectivity index (χ1) is 13.4. The highest BCUT2D eigenvalue weighted by molar-refractivity contribution is 7.91. The summed E-state index contributed by atoms with van der Waals surface area (Å²) in [6.45, 7) is 2.96. The van der Waals surface area contributed by atoms with Gasteiger partial charge in [0, 0.05) is 23.2 Å². The summed E-state index contributed by atoms with van der Waals surface area (Å²) in [5.41, 5.74) is 1.38. The molecular formula is C21H24ClNO4S. The van der Waals surface area contributed by atoms with Crippen molar-refractivity contribution in [3.63, 3.8) is 0 Å². The van der Waals surface area contributed by atoms with Crippen molar-refractivity contribution >= 4 is 27.3 Å². The summed E-state index contributed by atoms with van der Waals surface area (Å²) in [6.07, 6.45) is 1.36. The maximum atomic E-state index is 13.2. The molecule has 1 atom stereocenters.